The number of halogens is 1. The Hall–Kier alpha value is -2.46. The molecule has 0 saturated heterocycles. The third kappa shape index (κ3) is 1.88. The van der Waals surface area contributed by atoms with Gasteiger partial charge in [0.05, 0.1) is 21.6 Å². The van der Waals surface area contributed by atoms with Gasteiger partial charge in [-0.3, -0.25) is 0 Å². The second-order valence-electron chi connectivity index (χ2n) is 5.28. The summed E-state index contributed by atoms with van der Waals surface area (Å²) in [7, 11) is 0. The smallest absolute Gasteiger partial charge is 0.167 e. The van der Waals surface area contributed by atoms with Crippen molar-refractivity contribution in [3.05, 3.63) is 58.9 Å². The predicted octanol–water partition coefficient (Wildman–Crippen LogP) is 4.24. The van der Waals surface area contributed by atoms with Gasteiger partial charge in [0.2, 0.25) is 0 Å². The Kier molecular flexibility index (Phi) is 2.87. The zero-order valence-electron chi connectivity index (χ0n) is 12.2. The first kappa shape index (κ1) is 13.2. The van der Waals surface area contributed by atoms with Crippen LogP contribution < -0.4 is 0 Å². The van der Waals surface area contributed by atoms with Crippen LogP contribution in [0.4, 0.5) is 0 Å². The van der Waals surface area contributed by atoms with E-state index in [0.29, 0.717) is 5.02 Å². The molecule has 108 valence electrons. The van der Waals surface area contributed by atoms with E-state index in [1.165, 1.54) is 0 Å². The molecule has 0 fully saturated rings. The first-order valence-electron chi connectivity index (χ1n) is 7.03. The Morgan fingerprint density at radius 1 is 0.955 bits per heavy atom. The van der Waals surface area contributed by atoms with Gasteiger partial charge in [-0.25, -0.2) is 9.97 Å². The Morgan fingerprint density at radius 3 is 2.59 bits per heavy atom. The summed E-state index contributed by atoms with van der Waals surface area (Å²) in [6.07, 6.45) is 0. The number of rotatable bonds is 1. The van der Waals surface area contributed by atoms with Gasteiger partial charge in [0.15, 0.2) is 11.5 Å². The zero-order chi connectivity index (χ0) is 15.3. The second-order valence-corrected chi connectivity index (χ2v) is 5.65. The lowest BCUT2D eigenvalue weighted by molar-refractivity contribution is 0.843. The fourth-order valence-corrected chi connectivity index (χ4v) is 3.07. The Balaban J connectivity index is 2.13. The number of nitrogens with zero attached hydrogens (tertiary/aromatic N) is 4. The number of aromatic nitrogens is 4. The van der Waals surface area contributed by atoms with Crippen molar-refractivity contribution in [2.45, 2.75) is 13.8 Å². The van der Waals surface area contributed by atoms with Crippen molar-refractivity contribution in [1.82, 2.24) is 19.7 Å². The number of hydrogen-bond donors (Lipinski definition) is 0. The van der Waals surface area contributed by atoms with Crippen LogP contribution in [0.15, 0.2) is 42.5 Å². The van der Waals surface area contributed by atoms with Crippen molar-refractivity contribution < 1.29 is 0 Å². The maximum Gasteiger partial charge on any atom is 0.167 e. The molecular formula is C17H13ClN4. The summed E-state index contributed by atoms with van der Waals surface area (Å²) in [5.74, 6) is 0.747. The summed E-state index contributed by atoms with van der Waals surface area (Å²) < 4.78 is 1.76. The van der Waals surface area contributed by atoms with Crippen LogP contribution in [-0.2, 0) is 0 Å². The minimum absolute atomic E-state index is 0.692. The van der Waals surface area contributed by atoms with E-state index < -0.39 is 0 Å². The lowest BCUT2D eigenvalue weighted by Gasteiger charge is -2.05. The van der Waals surface area contributed by atoms with Gasteiger partial charge in [-0.1, -0.05) is 35.9 Å². The van der Waals surface area contributed by atoms with Crippen LogP contribution in [0.25, 0.3) is 27.8 Å². The van der Waals surface area contributed by atoms with E-state index in [-0.39, 0.29) is 0 Å². The SMILES string of the molecule is Cc1cccc(-n2nc(C)c3c(Cl)c4ccccc4nc32)n1. The predicted molar refractivity (Wildman–Crippen MR) is 88.7 cm³/mol. The molecule has 3 heterocycles. The van der Waals surface area contributed by atoms with Gasteiger partial charge in [-0.15, -0.1) is 0 Å². The minimum atomic E-state index is 0.692. The highest BCUT2D eigenvalue weighted by Crippen LogP contribution is 2.32. The monoisotopic (exact) mass is 308 g/mol. The van der Waals surface area contributed by atoms with E-state index in [4.69, 9.17) is 16.6 Å². The van der Waals surface area contributed by atoms with Gasteiger partial charge in [-0.05, 0) is 32.0 Å². The first-order chi connectivity index (χ1) is 10.6. The third-order valence-corrected chi connectivity index (χ3v) is 4.11. The van der Waals surface area contributed by atoms with Gasteiger partial charge in [0.25, 0.3) is 0 Å². The highest BCUT2D eigenvalue weighted by atomic mass is 35.5. The molecular weight excluding hydrogens is 296 g/mol. The van der Waals surface area contributed by atoms with Crippen molar-refractivity contribution in [2.24, 2.45) is 0 Å². The molecule has 5 heteroatoms. The van der Waals surface area contributed by atoms with Crippen LogP contribution in [0.2, 0.25) is 5.02 Å². The van der Waals surface area contributed by atoms with Crippen LogP contribution in [0.5, 0.6) is 0 Å². The lowest BCUT2D eigenvalue weighted by Crippen LogP contribution is -2.01. The quantitative estimate of drug-likeness (QED) is 0.528. The van der Waals surface area contributed by atoms with E-state index in [9.17, 15) is 0 Å². The summed E-state index contributed by atoms with van der Waals surface area (Å²) in [6, 6.07) is 13.7. The molecule has 0 spiro atoms. The molecule has 3 aromatic heterocycles. The number of aryl methyl sites for hydroxylation is 2. The van der Waals surface area contributed by atoms with Crippen LogP contribution >= 0.6 is 11.6 Å². The molecule has 0 aliphatic rings. The van der Waals surface area contributed by atoms with Crippen LogP contribution in [-0.4, -0.2) is 19.7 Å². The maximum absolute atomic E-state index is 6.60. The van der Waals surface area contributed by atoms with Gasteiger partial charge < -0.3 is 0 Å². The highest BCUT2D eigenvalue weighted by Gasteiger charge is 2.17. The second kappa shape index (κ2) is 4.78. The molecule has 0 unspecified atom stereocenters. The molecule has 0 aliphatic carbocycles. The summed E-state index contributed by atoms with van der Waals surface area (Å²) in [6.45, 7) is 3.90. The minimum Gasteiger partial charge on any atom is -0.234 e. The molecule has 1 aromatic carbocycles. The molecule has 0 aliphatic heterocycles. The molecule has 4 aromatic rings. The van der Waals surface area contributed by atoms with Crippen LogP contribution in [0, 0.1) is 13.8 Å². The van der Waals surface area contributed by atoms with Gasteiger partial charge >= 0.3 is 0 Å². The fourth-order valence-electron chi connectivity index (χ4n) is 2.69. The molecule has 4 rings (SSSR count). The Labute approximate surface area is 132 Å². The highest BCUT2D eigenvalue weighted by molar-refractivity contribution is 6.40. The molecule has 0 N–H and O–H groups in total. The van der Waals surface area contributed by atoms with E-state index >= 15 is 0 Å². The largest absolute Gasteiger partial charge is 0.234 e. The maximum atomic E-state index is 6.60. The summed E-state index contributed by atoms with van der Waals surface area (Å²) in [4.78, 5) is 9.28. The number of fused-ring (bicyclic) bond motifs is 2. The normalized spacial score (nSPS) is 11.4. The van der Waals surface area contributed by atoms with E-state index in [0.717, 1.165) is 39.1 Å². The van der Waals surface area contributed by atoms with Gasteiger partial charge in [-0.2, -0.15) is 9.78 Å². The summed E-state index contributed by atoms with van der Waals surface area (Å²) in [5, 5.41) is 7.10. The van der Waals surface area contributed by atoms with E-state index in [1.807, 2.05) is 56.3 Å². The summed E-state index contributed by atoms with van der Waals surface area (Å²) >= 11 is 6.60. The van der Waals surface area contributed by atoms with Gasteiger partial charge in [0.1, 0.15) is 0 Å². The Morgan fingerprint density at radius 2 is 1.77 bits per heavy atom. The number of pyridine rings is 2. The third-order valence-electron chi connectivity index (χ3n) is 3.71. The average Bonchev–Trinajstić information content (AvgIpc) is 2.85. The molecule has 22 heavy (non-hydrogen) atoms. The number of para-hydroxylation sites is 1. The van der Waals surface area contributed by atoms with Crippen LogP contribution in [0.1, 0.15) is 11.4 Å². The van der Waals surface area contributed by atoms with Gasteiger partial charge in [0, 0.05) is 11.1 Å². The molecule has 4 nitrogen and oxygen atoms in total. The van der Waals surface area contributed by atoms with Crippen molar-refractivity contribution >= 4 is 33.5 Å². The zero-order valence-corrected chi connectivity index (χ0v) is 13.0. The number of hydrogen-bond acceptors (Lipinski definition) is 3. The summed E-state index contributed by atoms with van der Waals surface area (Å²) in [5.41, 5.74) is 3.38. The van der Waals surface area contributed by atoms with E-state index in [2.05, 4.69) is 10.1 Å². The molecule has 0 saturated carbocycles. The molecule has 0 radical (unpaired) electrons. The van der Waals surface area contributed by atoms with Crippen molar-refractivity contribution in [3.8, 4) is 5.82 Å². The van der Waals surface area contributed by atoms with E-state index in [1.54, 1.807) is 4.68 Å². The molecule has 0 atom stereocenters. The topological polar surface area (TPSA) is 43.6 Å². The van der Waals surface area contributed by atoms with Crippen molar-refractivity contribution in [2.75, 3.05) is 0 Å². The fraction of sp³-hybridized carbons (Fsp3) is 0.118. The standard InChI is InChI=1S/C17H13ClN4/c1-10-6-5-9-14(19-10)22-17-15(11(2)21-22)16(18)12-7-3-4-8-13(12)20-17/h3-9H,1-2H3. The average molecular weight is 309 g/mol. The Bertz CT molecular complexity index is 1020. The van der Waals surface area contributed by atoms with Crippen molar-refractivity contribution in [1.29, 1.82) is 0 Å². The number of benzene rings is 1. The van der Waals surface area contributed by atoms with Crippen LogP contribution in [0.3, 0.4) is 0 Å². The molecule has 0 amide bonds. The molecule has 0 bridgehead atoms. The van der Waals surface area contributed by atoms with Crippen molar-refractivity contribution in [3.63, 3.8) is 0 Å². The lowest BCUT2D eigenvalue weighted by atomic mass is 10.1. The first-order valence-corrected chi connectivity index (χ1v) is 7.40.